The lowest BCUT2D eigenvalue weighted by molar-refractivity contribution is 0.585. The molecule has 3 nitrogen and oxygen atoms in total. The molecular weight excluding hydrogens is 274 g/mol. The summed E-state index contributed by atoms with van der Waals surface area (Å²) in [6.45, 7) is 0. The van der Waals surface area contributed by atoms with E-state index < -0.39 is 0 Å². The van der Waals surface area contributed by atoms with Crippen molar-refractivity contribution in [2.24, 2.45) is 0 Å². The minimum atomic E-state index is 0.0417. The fourth-order valence-corrected chi connectivity index (χ4v) is 3.00. The number of hydrogen-bond donors (Lipinski definition) is 1. The molecule has 0 atom stereocenters. The molecule has 0 saturated carbocycles. The van der Waals surface area contributed by atoms with E-state index in [0.717, 1.165) is 35.3 Å². The Balaban J connectivity index is 1.92. The summed E-state index contributed by atoms with van der Waals surface area (Å²) in [5.41, 5.74) is 9.96. The lowest BCUT2D eigenvalue weighted by Crippen LogP contribution is -2.08. The van der Waals surface area contributed by atoms with E-state index >= 15 is 0 Å². The molecule has 3 aromatic rings. The molecule has 2 N–H and O–H groups in total. The van der Waals surface area contributed by atoms with Crippen LogP contribution in [0.5, 0.6) is 0 Å². The maximum absolute atomic E-state index is 12.6. The van der Waals surface area contributed by atoms with Crippen LogP contribution < -0.4 is 11.2 Å². The number of rotatable bonds is 1. The predicted molar refractivity (Wildman–Crippen MR) is 89.5 cm³/mol. The number of hydrogen-bond acceptors (Lipinski definition) is 3. The lowest BCUT2D eigenvalue weighted by atomic mass is 10.1. The molecule has 0 unspecified atom stereocenters. The summed E-state index contributed by atoms with van der Waals surface area (Å²) < 4.78 is 6.00. The molecule has 1 aliphatic carbocycles. The summed E-state index contributed by atoms with van der Waals surface area (Å²) in [6.07, 6.45) is 3.65. The second kappa shape index (κ2) is 4.88. The molecule has 2 aromatic carbocycles. The summed E-state index contributed by atoms with van der Waals surface area (Å²) in [7, 11) is 0. The number of allylic oxidation sites excluding steroid dienone is 1. The molecule has 0 spiro atoms. The van der Waals surface area contributed by atoms with E-state index in [1.54, 1.807) is 18.2 Å². The SMILES string of the molecule is Nc1ccc2oc3c(c(=O)c2c1)CC/C3=C\c1ccccc1. The van der Waals surface area contributed by atoms with Crippen LogP contribution in [-0.2, 0) is 6.42 Å². The Morgan fingerprint density at radius 3 is 2.68 bits per heavy atom. The molecular formula is C19H15NO2. The number of fused-ring (bicyclic) bond motifs is 2. The van der Waals surface area contributed by atoms with Crippen LogP contribution in [0.15, 0.2) is 57.7 Å². The number of nitrogen functional groups attached to an aromatic ring is 1. The molecule has 0 aliphatic heterocycles. The van der Waals surface area contributed by atoms with E-state index in [9.17, 15) is 4.79 Å². The number of anilines is 1. The van der Waals surface area contributed by atoms with Crippen LogP contribution in [0.1, 0.15) is 23.3 Å². The van der Waals surface area contributed by atoms with E-state index in [4.69, 9.17) is 10.2 Å². The van der Waals surface area contributed by atoms with Crippen LogP contribution in [0, 0.1) is 0 Å². The topological polar surface area (TPSA) is 56.2 Å². The fourth-order valence-electron chi connectivity index (χ4n) is 3.00. The molecule has 1 heterocycles. The third-order valence-electron chi connectivity index (χ3n) is 4.08. The zero-order valence-electron chi connectivity index (χ0n) is 12.0. The van der Waals surface area contributed by atoms with E-state index in [2.05, 4.69) is 6.08 Å². The van der Waals surface area contributed by atoms with Gasteiger partial charge in [-0.2, -0.15) is 0 Å². The molecule has 22 heavy (non-hydrogen) atoms. The van der Waals surface area contributed by atoms with Crippen LogP contribution in [0.25, 0.3) is 22.6 Å². The molecule has 3 heteroatoms. The quantitative estimate of drug-likeness (QED) is 0.692. The molecule has 0 fully saturated rings. The molecule has 0 saturated heterocycles. The van der Waals surface area contributed by atoms with Crippen molar-refractivity contribution in [2.75, 3.05) is 5.73 Å². The first kappa shape index (κ1) is 12.9. The van der Waals surface area contributed by atoms with Gasteiger partial charge in [0.1, 0.15) is 11.3 Å². The van der Waals surface area contributed by atoms with Crippen molar-refractivity contribution >= 4 is 28.3 Å². The maximum atomic E-state index is 12.6. The average molecular weight is 289 g/mol. The Bertz CT molecular complexity index is 952. The molecule has 0 amide bonds. The van der Waals surface area contributed by atoms with E-state index in [-0.39, 0.29) is 5.43 Å². The van der Waals surface area contributed by atoms with Crippen molar-refractivity contribution in [3.8, 4) is 0 Å². The van der Waals surface area contributed by atoms with Gasteiger partial charge in [-0.3, -0.25) is 4.79 Å². The van der Waals surface area contributed by atoms with Gasteiger partial charge in [-0.25, -0.2) is 0 Å². The van der Waals surface area contributed by atoms with Gasteiger partial charge in [0.25, 0.3) is 0 Å². The predicted octanol–water partition coefficient (Wildman–Crippen LogP) is 3.86. The van der Waals surface area contributed by atoms with Crippen molar-refractivity contribution in [1.29, 1.82) is 0 Å². The van der Waals surface area contributed by atoms with Crippen LogP contribution in [0.3, 0.4) is 0 Å². The summed E-state index contributed by atoms with van der Waals surface area (Å²) in [5.74, 6) is 0.728. The zero-order chi connectivity index (χ0) is 15.1. The first-order valence-electron chi connectivity index (χ1n) is 7.33. The van der Waals surface area contributed by atoms with E-state index in [1.807, 2.05) is 30.3 Å². The van der Waals surface area contributed by atoms with Crippen LogP contribution >= 0.6 is 0 Å². The van der Waals surface area contributed by atoms with Gasteiger partial charge in [-0.05, 0) is 48.3 Å². The van der Waals surface area contributed by atoms with Crippen molar-refractivity contribution < 1.29 is 4.42 Å². The molecule has 1 aliphatic rings. The van der Waals surface area contributed by atoms with Crippen molar-refractivity contribution in [1.82, 2.24) is 0 Å². The number of nitrogens with two attached hydrogens (primary N) is 1. The summed E-state index contributed by atoms with van der Waals surface area (Å²) >= 11 is 0. The smallest absolute Gasteiger partial charge is 0.196 e. The van der Waals surface area contributed by atoms with Crippen molar-refractivity contribution in [3.05, 3.63) is 75.6 Å². The van der Waals surface area contributed by atoms with Crippen molar-refractivity contribution in [3.63, 3.8) is 0 Å². The third-order valence-corrected chi connectivity index (χ3v) is 4.08. The highest BCUT2D eigenvalue weighted by Gasteiger charge is 2.23. The average Bonchev–Trinajstić information content (AvgIpc) is 2.93. The maximum Gasteiger partial charge on any atom is 0.196 e. The van der Waals surface area contributed by atoms with Gasteiger partial charge in [0.15, 0.2) is 5.43 Å². The van der Waals surface area contributed by atoms with Gasteiger partial charge in [0, 0.05) is 11.3 Å². The van der Waals surface area contributed by atoms with Crippen LogP contribution in [-0.4, -0.2) is 0 Å². The lowest BCUT2D eigenvalue weighted by Gasteiger charge is -2.04. The Hall–Kier alpha value is -2.81. The second-order valence-electron chi connectivity index (χ2n) is 5.57. The standard InChI is InChI=1S/C19H15NO2/c20-14-7-9-17-16(11-14)18(21)15-8-6-13(19(15)22-17)10-12-4-2-1-3-5-12/h1-5,7,9-11H,6,8,20H2/b13-10+. The molecule has 1 aromatic heterocycles. The van der Waals surface area contributed by atoms with Crippen molar-refractivity contribution in [2.45, 2.75) is 12.8 Å². The molecule has 0 bridgehead atoms. The summed E-state index contributed by atoms with van der Waals surface area (Å²) in [6, 6.07) is 15.3. The van der Waals surface area contributed by atoms with Gasteiger partial charge in [-0.1, -0.05) is 30.3 Å². The Morgan fingerprint density at radius 2 is 1.86 bits per heavy atom. The normalized spacial score (nSPS) is 15.4. The van der Waals surface area contributed by atoms with Gasteiger partial charge >= 0.3 is 0 Å². The Labute approximate surface area is 127 Å². The molecule has 108 valence electrons. The highest BCUT2D eigenvalue weighted by Crippen LogP contribution is 2.34. The third kappa shape index (κ3) is 2.02. The van der Waals surface area contributed by atoms with Crippen LogP contribution in [0.2, 0.25) is 0 Å². The second-order valence-corrected chi connectivity index (χ2v) is 5.57. The molecule has 4 rings (SSSR count). The van der Waals surface area contributed by atoms with Crippen LogP contribution in [0.4, 0.5) is 5.69 Å². The Morgan fingerprint density at radius 1 is 1.05 bits per heavy atom. The highest BCUT2D eigenvalue weighted by molar-refractivity contribution is 5.88. The zero-order valence-corrected chi connectivity index (χ0v) is 12.0. The number of benzene rings is 2. The van der Waals surface area contributed by atoms with Gasteiger partial charge in [0.2, 0.25) is 0 Å². The summed E-state index contributed by atoms with van der Waals surface area (Å²) in [5, 5.41) is 0.569. The minimum Gasteiger partial charge on any atom is -0.456 e. The Kier molecular flexibility index (Phi) is 2.86. The highest BCUT2D eigenvalue weighted by atomic mass is 16.3. The molecule has 0 radical (unpaired) electrons. The van der Waals surface area contributed by atoms with Gasteiger partial charge in [0.05, 0.1) is 5.39 Å². The monoisotopic (exact) mass is 289 g/mol. The van der Waals surface area contributed by atoms with Gasteiger partial charge < -0.3 is 10.2 Å². The van der Waals surface area contributed by atoms with Gasteiger partial charge in [-0.15, -0.1) is 0 Å². The minimum absolute atomic E-state index is 0.0417. The first-order valence-corrected chi connectivity index (χ1v) is 7.33. The summed E-state index contributed by atoms with van der Waals surface area (Å²) in [4.78, 5) is 12.6. The first-order chi connectivity index (χ1) is 10.7. The van der Waals surface area contributed by atoms with E-state index in [1.165, 1.54) is 0 Å². The van der Waals surface area contributed by atoms with E-state index in [0.29, 0.717) is 16.7 Å². The largest absolute Gasteiger partial charge is 0.456 e. The fraction of sp³-hybridized carbons (Fsp3) is 0.105.